The second kappa shape index (κ2) is 6.85. The van der Waals surface area contributed by atoms with Crippen LogP contribution >= 0.6 is 0 Å². The van der Waals surface area contributed by atoms with Crippen molar-refractivity contribution in [1.82, 2.24) is 14.9 Å². The Hall–Kier alpha value is -1.65. The molecule has 0 saturated carbocycles. The molecule has 1 aromatic rings. The highest BCUT2D eigenvalue weighted by Gasteiger charge is 2.27. The van der Waals surface area contributed by atoms with Gasteiger partial charge in [-0.15, -0.1) is 0 Å². The van der Waals surface area contributed by atoms with E-state index in [1.165, 1.54) is 25.7 Å². The van der Waals surface area contributed by atoms with Crippen molar-refractivity contribution in [2.45, 2.75) is 46.5 Å². The molecule has 0 bridgehead atoms. The average molecular weight is 316 g/mol. The van der Waals surface area contributed by atoms with Crippen molar-refractivity contribution in [2.75, 3.05) is 31.1 Å². The van der Waals surface area contributed by atoms with Crippen LogP contribution in [0.15, 0.2) is 6.07 Å². The SMILES string of the molecule is Cc1cc(C(=O)N2C[C@H](C)C[C@@H](C)C2)nc(N2CCCCC2)n1. The van der Waals surface area contributed by atoms with Gasteiger partial charge in [-0.1, -0.05) is 13.8 Å². The fourth-order valence-electron chi connectivity index (χ4n) is 3.89. The molecule has 0 aromatic carbocycles. The summed E-state index contributed by atoms with van der Waals surface area (Å²) < 4.78 is 0. The lowest BCUT2D eigenvalue weighted by molar-refractivity contribution is 0.0617. The van der Waals surface area contributed by atoms with E-state index in [1.807, 2.05) is 17.9 Å². The van der Waals surface area contributed by atoms with Crippen molar-refractivity contribution >= 4 is 11.9 Å². The highest BCUT2D eigenvalue weighted by Crippen LogP contribution is 2.23. The van der Waals surface area contributed by atoms with E-state index in [2.05, 4.69) is 28.7 Å². The number of hydrogen-bond acceptors (Lipinski definition) is 4. The van der Waals surface area contributed by atoms with Gasteiger partial charge in [0.05, 0.1) is 0 Å². The second-order valence-electron chi connectivity index (χ2n) is 7.40. The second-order valence-corrected chi connectivity index (χ2v) is 7.40. The Morgan fingerprint density at radius 2 is 1.74 bits per heavy atom. The number of likely N-dealkylation sites (tertiary alicyclic amines) is 1. The monoisotopic (exact) mass is 316 g/mol. The van der Waals surface area contributed by atoms with Crippen molar-refractivity contribution in [3.8, 4) is 0 Å². The third-order valence-corrected chi connectivity index (χ3v) is 4.86. The lowest BCUT2D eigenvalue weighted by Crippen LogP contribution is -2.43. The molecule has 2 saturated heterocycles. The predicted octanol–water partition coefficient (Wildman–Crippen LogP) is 2.89. The van der Waals surface area contributed by atoms with Gasteiger partial charge in [-0.05, 0) is 50.5 Å². The summed E-state index contributed by atoms with van der Waals surface area (Å²) in [5.41, 5.74) is 1.43. The third kappa shape index (κ3) is 3.82. The standard InChI is InChI=1S/C18H28N4O/c1-13-9-14(2)12-22(11-13)17(23)16-10-15(3)19-18(20-16)21-7-5-4-6-8-21/h10,13-14H,4-9,11-12H2,1-3H3/t13-,14-/m1/s1. The van der Waals surface area contributed by atoms with Crippen LogP contribution in [0.25, 0.3) is 0 Å². The maximum atomic E-state index is 12.9. The number of nitrogens with zero attached hydrogens (tertiary/aromatic N) is 4. The molecule has 0 radical (unpaired) electrons. The van der Waals surface area contributed by atoms with Crippen LogP contribution in [-0.2, 0) is 0 Å². The quantitative estimate of drug-likeness (QED) is 0.842. The molecule has 2 aliphatic rings. The van der Waals surface area contributed by atoms with Crippen LogP contribution in [0.4, 0.5) is 5.95 Å². The van der Waals surface area contributed by atoms with Gasteiger partial charge in [0.1, 0.15) is 5.69 Å². The maximum absolute atomic E-state index is 12.9. The number of aryl methyl sites for hydroxylation is 1. The van der Waals surface area contributed by atoms with Gasteiger partial charge in [0.25, 0.3) is 5.91 Å². The van der Waals surface area contributed by atoms with Gasteiger partial charge in [0.2, 0.25) is 5.95 Å². The summed E-state index contributed by atoms with van der Waals surface area (Å²) >= 11 is 0. The number of rotatable bonds is 2. The van der Waals surface area contributed by atoms with Gasteiger partial charge >= 0.3 is 0 Å². The summed E-state index contributed by atoms with van der Waals surface area (Å²) in [5.74, 6) is 1.91. The first kappa shape index (κ1) is 16.2. The fourth-order valence-corrected chi connectivity index (χ4v) is 3.89. The molecule has 1 amide bonds. The van der Waals surface area contributed by atoms with Crippen molar-refractivity contribution in [2.24, 2.45) is 11.8 Å². The summed E-state index contributed by atoms with van der Waals surface area (Å²) in [7, 11) is 0. The lowest BCUT2D eigenvalue weighted by atomic mass is 9.92. The highest BCUT2D eigenvalue weighted by atomic mass is 16.2. The van der Waals surface area contributed by atoms with E-state index in [4.69, 9.17) is 0 Å². The first-order valence-corrected chi connectivity index (χ1v) is 8.93. The molecule has 0 spiro atoms. The molecule has 3 rings (SSSR count). The smallest absolute Gasteiger partial charge is 0.272 e. The fraction of sp³-hybridized carbons (Fsp3) is 0.722. The van der Waals surface area contributed by atoms with Crippen LogP contribution in [0.3, 0.4) is 0 Å². The molecule has 2 fully saturated rings. The summed E-state index contributed by atoms with van der Waals surface area (Å²) in [4.78, 5) is 26.3. The van der Waals surface area contributed by atoms with Gasteiger partial charge in [-0.25, -0.2) is 9.97 Å². The Bertz CT molecular complexity index is 558. The minimum atomic E-state index is 0.0622. The minimum absolute atomic E-state index is 0.0622. The van der Waals surface area contributed by atoms with Crippen molar-refractivity contribution < 1.29 is 4.79 Å². The number of carbonyl (C=O) groups excluding carboxylic acids is 1. The van der Waals surface area contributed by atoms with E-state index in [1.54, 1.807) is 0 Å². The summed E-state index contributed by atoms with van der Waals surface area (Å²) in [5, 5.41) is 0. The van der Waals surface area contributed by atoms with Crippen LogP contribution < -0.4 is 4.90 Å². The average Bonchev–Trinajstić information content (AvgIpc) is 2.53. The molecule has 0 unspecified atom stereocenters. The number of amides is 1. The topological polar surface area (TPSA) is 49.3 Å². The molecule has 2 aliphatic heterocycles. The normalized spacial score (nSPS) is 25.5. The largest absolute Gasteiger partial charge is 0.341 e. The zero-order valence-corrected chi connectivity index (χ0v) is 14.6. The molecule has 1 aromatic heterocycles. The third-order valence-electron chi connectivity index (χ3n) is 4.86. The van der Waals surface area contributed by atoms with E-state index in [-0.39, 0.29) is 5.91 Å². The predicted molar refractivity (Wildman–Crippen MR) is 91.7 cm³/mol. The van der Waals surface area contributed by atoms with Crippen molar-refractivity contribution in [3.05, 3.63) is 17.5 Å². The summed E-state index contributed by atoms with van der Waals surface area (Å²) in [6.45, 7) is 10.1. The van der Waals surface area contributed by atoms with Crippen LogP contribution in [0.1, 0.15) is 55.7 Å². The van der Waals surface area contributed by atoms with Crippen molar-refractivity contribution in [1.29, 1.82) is 0 Å². The Kier molecular flexibility index (Phi) is 4.83. The minimum Gasteiger partial charge on any atom is -0.341 e. The van der Waals surface area contributed by atoms with Gasteiger partial charge in [0, 0.05) is 31.9 Å². The van der Waals surface area contributed by atoms with E-state index in [9.17, 15) is 4.79 Å². The number of piperidine rings is 2. The molecule has 5 nitrogen and oxygen atoms in total. The Morgan fingerprint density at radius 3 is 2.39 bits per heavy atom. The molecular weight excluding hydrogens is 288 g/mol. The number of aromatic nitrogens is 2. The zero-order valence-electron chi connectivity index (χ0n) is 14.6. The molecule has 2 atom stereocenters. The van der Waals surface area contributed by atoms with Crippen LogP contribution in [0.5, 0.6) is 0 Å². The van der Waals surface area contributed by atoms with Gasteiger partial charge < -0.3 is 9.80 Å². The summed E-state index contributed by atoms with van der Waals surface area (Å²) in [6, 6.07) is 1.83. The van der Waals surface area contributed by atoms with E-state index in [0.29, 0.717) is 17.5 Å². The molecule has 126 valence electrons. The van der Waals surface area contributed by atoms with Gasteiger partial charge in [-0.3, -0.25) is 4.79 Å². The lowest BCUT2D eigenvalue weighted by Gasteiger charge is -2.35. The zero-order chi connectivity index (χ0) is 16.4. The van der Waals surface area contributed by atoms with Gasteiger partial charge in [-0.2, -0.15) is 0 Å². The number of anilines is 1. The highest BCUT2D eigenvalue weighted by molar-refractivity contribution is 5.92. The first-order valence-electron chi connectivity index (χ1n) is 8.93. The molecule has 23 heavy (non-hydrogen) atoms. The van der Waals surface area contributed by atoms with E-state index >= 15 is 0 Å². The summed E-state index contributed by atoms with van der Waals surface area (Å²) in [6.07, 6.45) is 4.84. The van der Waals surface area contributed by atoms with Crippen LogP contribution in [0.2, 0.25) is 0 Å². The molecular formula is C18H28N4O. The first-order chi connectivity index (χ1) is 11.0. The Labute approximate surface area is 139 Å². The molecule has 0 aliphatic carbocycles. The Morgan fingerprint density at radius 1 is 1.09 bits per heavy atom. The van der Waals surface area contributed by atoms with Crippen molar-refractivity contribution in [3.63, 3.8) is 0 Å². The molecule has 0 N–H and O–H groups in total. The molecule has 3 heterocycles. The van der Waals surface area contributed by atoms with Gasteiger partial charge in [0.15, 0.2) is 0 Å². The van der Waals surface area contributed by atoms with Crippen LogP contribution in [-0.4, -0.2) is 47.0 Å². The molecule has 5 heteroatoms. The number of carbonyl (C=O) groups is 1. The van der Waals surface area contributed by atoms with E-state index < -0.39 is 0 Å². The maximum Gasteiger partial charge on any atom is 0.272 e. The Balaban J connectivity index is 1.81. The number of hydrogen-bond donors (Lipinski definition) is 0. The van der Waals surface area contributed by atoms with E-state index in [0.717, 1.165) is 37.8 Å². The van der Waals surface area contributed by atoms with Crippen LogP contribution in [0, 0.1) is 18.8 Å².